The molecule has 2 atom stereocenters. The van der Waals surface area contributed by atoms with E-state index in [-0.39, 0.29) is 36.6 Å². The summed E-state index contributed by atoms with van der Waals surface area (Å²) in [4.78, 5) is 34.8. The molecule has 0 N–H and O–H groups in total. The second kappa shape index (κ2) is 3.08. The lowest BCUT2D eigenvalue weighted by molar-refractivity contribution is -0.144. The van der Waals surface area contributed by atoms with Gasteiger partial charge in [-0.2, -0.15) is 0 Å². The van der Waals surface area contributed by atoms with Crippen molar-refractivity contribution in [3.63, 3.8) is 0 Å². The van der Waals surface area contributed by atoms with Gasteiger partial charge >= 0.3 is 5.97 Å². The van der Waals surface area contributed by atoms with Gasteiger partial charge in [-0.15, -0.1) is 0 Å². The summed E-state index contributed by atoms with van der Waals surface area (Å²) in [5.74, 6) is -0.806. The first-order valence-corrected chi connectivity index (χ1v) is 4.57. The summed E-state index contributed by atoms with van der Waals surface area (Å²) in [5.41, 5.74) is 0. The number of esters is 1. The summed E-state index contributed by atoms with van der Waals surface area (Å²) in [5, 5.41) is 0. The van der Waals surface area contributed by atoms with Crippen molar-refractivity contribution in [2.75, 3.05) is 13.7 Å². The third-order valence-electron chi connectivity index (χ3n) is 2.72. The number of carbonyl (C=O) groups is 3. The van der Waals surface area contributed by atoms with Crippen molar-refractivity contribution in [1.29, 1.82) is 0 Å². The van der Waals surface area contributed by atoms with Crippen LogP contribution in [0.3, 0.4) is 0 Å². The highest BCUT2D eigenvalue weighted by molar-refractivity contribution is 6.08. The molecule has 1 saturated heterocycles. The molecule has 1 aliphatic heterocycles. The number of carbonyl (C=O) groups excluding carboxylic acids is 3. The topological polar surface area (TPSA) is 63.7 Å². The molecule has 5 heteroatoms. The number of rotatable bonds is 3. The molecule has 0 aromatic rings. The summed E-state index contributed by atoms with van der Waals surface area (Å²) in [6.07, 6.45) is 0.791. The molecule has 2 rings (SSSR count). The van der Waals surface area contributed by atoms with Gasteiger partial charge in [0, 0.05) is 6.54 Å². The smallest absolute Gasteiger partial charge is 0.307 e. The van der Waals surface area contributed by atoms with Crippen molar-refractivity contribution in [2.45, 2.75) is 12.8 Å². The number of hydrogen-bond acceptors (Lipinski definition) is 4. The van der Waals surface area contributed by atoms with Gasteiger partial charge in [0.15, 0.2) is 0 Å². The number of imide groups is 1. The Labute approximate surface area is 81.0 Å². The fourth-order valence-electron chi connectivity index (χ4n) is 1.78. The molecule has 2 fully saturated rings. The van der Waals surface area contributed by atoms with E-state index in [1.807, 2.05) is 0 Å². The van der Waals surface area contributed by atoms with Crippen LogP contribution in [0.25, 0.3) is 0 Å². The average molecular weight is 197 g/mol. The lowest BCUT2D eigenvalue weighted by atomic mass is 10.3. The highest BCUT2D eigenvalue weighted by atomic mass is 16.5. The van der Waals surface area contributed by atoms with Gasteiger partial charge in [0.05, 0.1) is 25.4 Å². The van der Waals surface area contributed by atoms with E-state index >= 15 is 0 Å². The maximum atomic E-state index is 11.4. The van der Waals surface area contributed by atoms with Crippen LogP contribution in [0, 0.1) is 11.8 Å². The first-order valence-electron chi connectivity index (χ1n) is 4.57. The lowest BCUT2D eigenvalue weighted by Crippen LogP contribution is -2.34. The fraction of sp³-hybridized carbons (Fsp3) is 0.667. The van der Waals surface area contributed by atoms with Crippen molar-refractivity contribution in [2.24, 2.45) is 11.8 Å². The van der Waals surface area contributed by atoms with Gasteiger partial charge in [0.1, 0.15) is 0 Å². The number of ether oxygens (including phenoxy) is 1. The van der Waals surface area contributed by atoms with Crippen LogP contribution in [-0.2, 0) is 19.1 Å². The molecule has 0 bridgehead atoms. The predicted octanol–water partition coefficient (Wildman–Crippen LogP) is -0.446. The van der Waals surface area contributed by atoms with Crippen LogP contribution in [0.15, 0.2) is 0 Å². The number of piperidine rings is 1. The number of nitrogens with zero attached hydrogens (tertiary/aromatic N) is 1. The molecule has 5 nitrogen and oxygen atoms in total. The standard InChI is InChI=1S/C9H11NO4/c1-14-7(11)2-3-10-8(12)5-4-6(5)9(10)13/h5-6H,2-4H2,1H3. The third-order valence-corrected chi connectivity index (χ3v) is 2.72. The normalized spacial score (nSPS) is 29.1. The Morgan fingerprint density at radius 1 is 1.43 bits per heavy atom. The van der Waals surface area contributed by atoms with E-state index in [2.05, 4.69) is 4.74 Å². The van der Waals surface area contributed by atoms with Crippen LogP contribution >= 0.6 is 0 Å². The minimum atomic E-state index is -0.397. The predicted molar refractivity (Wildman–Crippen MR) is 45.0 cm³/mol. The van der Waals surface area contributed by atoms with Gasteiger partial charge in [0.2, 0.25) is 11.8 Å². The molecule has 2 aliphatic rings. The maximum Gasteiger partial charge on any atom is 0.307 e. The Bertz CT molecular complexity index is 292. The van der Waals surface area contributed by atoms with Crippen molar-refractivity contribution in [3.8, 4) is 0 Å². The molecule has 0 spiro atoms. The largest absolute Gasteiger partial charge is 0.469 e. The number of likely N-dealkylation sites (tertiary alicyclic amines) is 1. The van der Waals surface area contributed by atoms with Crippen molar-refractivity contribution >= 4 is 17.8 Å². The summed E-state index contributed by atoms with van der Waals surface area (Å²) in [6, 6.07) is 0. The molecule has 0 aromatic carbocycles. The number of hydrogen-bond donors (Lipinski definition) is 0. The van der Waals surface area contributed by atoms with E-state index in [9.17, 15) is 14.4 Å². The molecule has 2 unspecified atom stereocenters. The molecule has 76 valence electrons. The quantitative estimate of drug-likeness (QED) is 0.454. The summed E-state index contributed by atoms with van der Waals surface area (Å²) >= 11 is 0. The van der Waals surface area contributed by atoms with Crippen LogP contribution in [0.4, 0.5) is 0 Å². The van der Waals surface area contributed by atoms with E-state index in [1.54, 1.807) is 0 Å². The Balaban J connectivity index is 1.90. The minimum Gasteiger partial charge on any atom is -0.469 e. The van der Waals surface area contributed by atoms with Crippen molar-refractivity contribution in [3.05, 3.63) is 0 Å². The first-order chi connectivity index (χ1) is 6.65. The highest BCUT2D eigenvalue weighted by Crippen LogP contribution is 2.46. The minimum absolute atomic E-state index is 0.0832. The van der Waals surface area contributed by atoms with Crippen LogP contribution in [0.5, 0.6) is 0 Å². The van der Waals surface area contributed by atoms with Gasteiger partial charge < -0.3 is 4.74 Å². The fourth-order valence-corrected chi connectivity index (χ4v) is 1.78. The Kier molecular flexibility index (Phi) is 2.02. The van der Waals surface area contributed by atoms with Crippen LogP contribution in [0.1, 0.15) is 12.8 Å². The van der Waals surface area contributed by atoms with Crippen LogP contribution in [-0.4, -0.2) is 36.3 Å². The molecule has 1 saturated carbocycles. The first kappa shape index (κ1) is 9.18. The van der Waals surface area contributed by atoms with Gasteiger partial charge in [-0.05, 0) is 6.42 Å². The van der Waals surface area contributed by atoms with Gasteiger partial charge in [-0.1, -0.05) is 0 Å². The molecule has 0 radical (unpaired) electrons. The number of fused-ring (bicyclic) bond motifs is 1. The van der Waals surface area contributed by atoms with E-state index in [0.717, 1.165) is 0 Å². The van der Waals surface area contributed by atoms with Crippen molar-refractivity contribution < 1.29 is 19.1 Å². The molecule has 0 aromatic heterocycles. The SMILES string of the molecule is COC(=O)CCN1C(=O)C2CC2C1=O. The van der Waals surface area contributed by atoms with Gasteiger partial charge in [-0.3, -0.25) is 19.3 Å². The maximum absolute atomic E-state index is 11.4. The third kappa shape index (κ3) is 1.29. The lowest BCUT2D eigenvalue weighted by Gasteiger charge is -2.14. The van der Waals surface area contributed by atoms with Gasteiger partial charge in [0.25, 0.3) is 0 Å². The molecular weight excluding hydrogens is 186 g/mol. The molecule has 1 aliphatic carbocycles. The van der Waals surface area contributed by atoms with Gasteiger partial charge in [-0.25, -0.2) is 0 Å². The van der Waals surface area contributed by atoms with E-state index in [1.165, 1.54) is 12.0 Å². The summed E-state index contributed by atoms with van der Waals surface area (Å²) in [6.45, 7) is 0.164. The van der Waals surface area contributed by atoms with Crippen LogP contribution in [0.2, 0.25) is 0 Å². The zero-order valence-corrected chi connectivity index (χ0v) is 7.86. The molecule has 14 heavy (non-hydrogen) atoms. The molecule has 2 amide bonds. The average Bonchev–Trinajstić information content (AvgIpc) is 2.92. The number of methoxy groups -OCH3 is 1. The number of amides is 2. The van der Waals surface area contributed by atoms with Crippen LogP contribution < -0.4 is 0 Å². The van der Waals surface area contributed by atoms with E-state index < -0.39 is 5.97 Å². The highest BCUT2D eigenvalue weighted by Gasteiger charge is 2.58. The monoisotopic (exact) mass is 197 g/mol. The summed E-state index contributed by atoms with van der Waals surface area (Å²) < 4.78 is 4.43. The zero-order chi connectivity index (χ0) is 10.3. The van der Waals surface area contributed by atoms with Crippen molar-refractivity contribution in [1.82, 2.24) is 4.90 Å². The second-order valence-electron chi connectivity index (χ2n) is 3.60. The Hall–Kier alpha value is -1.39. The van der Waals surface area contributed by atoms with E-state index in [0.29, 0.717) is 6.42 Å². The Morgan fingerprint density at radius 3 is 2.50 bits per heavy atom. The summed E-state index contributed by atoms with van der Waals surface area (Å²) in [7, 11) is 1.29. The van der Waals surface area contributed by atoms with E-state index in [4.69, 9.17) is 0 Å². The second-order valence-corrected chi connectivity index (χ2v) is 3.60. The zero-order valence-electron chi connectivity index (χ0n) is 7.86. The Morgan fingerprint density at radius 2 is 2.00 bits per heavy atom. The molecular formula is C9H11NO4. The molecule has 1 heterocycles.